The van der Waals surface area contributed by atoms with E-state index in [-0.39, 0.29) is 5.41 Å². The van der Waals surface area contributed by atoms with Gasteiger partial charge in [0.2, 0.25) is 0 Å². The molecule has 218 valence electrons. The van der Waals surface area contributed by atoms with Gasteiger partial charge >= 0.3 is 0 Å². The van der Waals surface area contributed by atoms with Gasteiger partial charge in [0.15, 0.2) is 0 Å². The van der Waals surface area contributed by atoms with Crippen LogP contribution in [0.4, 0.5) is 0 Å². The largest absolute Gasteiger partial charge is 0.309 e. The number of rotatable bonds is 4. The number of para-hydroxylation sites is 1. The van der Waals surface area contributed by atoms with Crippen LogP contribution in [0.3, 0.4) is 0 Å². The van der Waals surface area contributed by atoms with Crippen molar-refractivity contribution in [3.8, 4) is 50.2 Å². The van der Waals surface area contributed by atoms with Crippen molar-refractivity contribution in [3.63, 3.8) is 0 Å². The molecule has 0 bridgehead atoms. The average Bonchev–Trinajstić information content (AvgIpc) is 3.57. The molecule has 0 spiro atoms. The molecule has 1 aliphatic rings. The topological polar surface area (TPSA) is 4.93 Å². The minimum atomic E-state index is -0.0145. The predicted octanol–water partition coefficient (Wildman–Crippen LogP) is 12.1. The van der Waals surface area contributed by atoms with Gasteiger partial charge < -0.3 is 4.57 Å². The van der Waals surface area contributed by atoms with E-state index in [0.717, 1.165) is 0 Å². The lowest BCUT2D eigenvalue weighted by atomic mass is 9.81. The second-order valence-corrected chi connectivity index (χ2v) is 13.0. The van der Waals surface area contributed by atoms with Crippen molar-refractivity contribution >= 4 is 21.8 Å². The van der Waals surface area contributed by atoms with Crippen LogP contribution in [0.5, 0.6) is 0 Å². The Morgan fingerprint density at radius 2 is 0.957 bits per heavy atom. The molecule has 8 aromatic rings. The number of benzene rings is 7. The highest BCUT2D eigenvalue weighted by Gasteiger charge is 2.35. The normalized spacial score (nSPS) is 13.2. The summed E-state index contributed by atoms with van der Waals surface area (Å²) in [4.78, 5) is 0. The van der Waals surface area contributed by atoms with Gasteiger partial charge in [-0.3, -0.25) is 0 Å². The number of hydrogen-bond acceptors (Lipinski definition) is 0. The molecule has 1 nitrogen and oxygen atoms in total. The summed E-state index contributed by atoms with van der Waals surface area (Å²) in [7, 11) is 0. The van der Waals surface area contributed by atoms with Crippen molar-refractivity contribution in [2.75, 3.05) is 0 Å². The van der Waals surface area contributed by atoms with Crippen LogP contribution in [0.15, 0.2) is 164 Å². The zero-order valence-corrected chi connectivity index (χ0v) is 26.0. The van der Waals surface area contributed by atoms with Gasteiger partial charge in [0.25, 0.3) is 0 Å². The third-order valence-electron chi connectivity index (χ3n) is 10.00. The number of hydrogen-bond donors (Lipinski definition) is 0. The van der Waals surface area contributed by atoms with Crippen LogP contribution in [-0.4, -0.2) is 4.57 Å². The Labute approximate surface area is 270 Å². The standard InChI is InChI=1S/C45H33N/c1-45(2)41-20-8-6-18-37(41)38-24-22-35(29-42(38)45)32-15-10-14-31(26-32)34-23-25-44-40(28-34)39-19-7-9-21-43(39)46(44)36-17-11-16-33(27-36)30-12-4-3-5-13-30/h3-29H,1-2H3. The maximum absolute atomic E-state index is 2.41. The summed E-state index contributed by atoms with van der Waals surface area (Å²) in [5, 5.41) is 2.53. The molecule has 1 aliphatic carbocycles. The molecule has 1 heterocycles. The van der Waals surface area contributed by atoms with E-state index in [1.54, 1.807) is 0 Å². The lowest BCUT2D eigenvalue weighted by Crippen LogP contribution is -2.14. The quantitative estimate of drug-likeness (QED) is 0.193. The minimum Gasteiger partial charge on any atom is -0.309 e. The Morgan fingerprint density at radius 3 is 1.80 bits per heavy atom. The molecule has 0 unspecified atom stereocenters. The van der Waals surface area contributed by atoms with Gasteiger partial charge in [-0.15, -0.1) is 0 Å². The van der Waals surface area contributed by atoms with Crippen molar-refractivity contribution in [1.82, 2.24) is 4.57 Å². The number of fused-ring (bicyclic) bond motifs is 6. The average molecular weight is 588 g/mol. The second-order valence-electron chi connectivity index (χ2n) is 13.0. The lowest BCUT2D eigenvalue weighted by molar-refractivity contribution is 0.660. The van der Waals surface area contributed by atoms with Crippen molar-refractivity contribution in [2.45, 2.75) is 19.3 Å². The molecule has 0 radical (unpaired) electrons. The third-order valence-corrected chi connectivity index (χ3v) is 10.00. The molecule has 0 N–H and O–H groups in total. The Bertz CT molecular complexity index is 2440. The van der Waals surface area contributed by atoms with Crippen molar-refractivity contribution < 1.29 is 0 Å². The van der Waals surface area contributed by atoms with Crippen LogP contribution >= 0.6 is 0 Å². The first kappa shape index (κ1) is 26.7. The third kappa shape index (κ3) is 4.09. The van der Waals surface area contributed by atoms with Crippen LogP contribution < -0.4 is 0 Å². The molecule has 0 amide bonds. The molecular formula is C45H33N. The van der Waals surface area contributed by atoms with Crippen molar-refractivity contribution in [1.29, 1.82) is 0 Å². The SMILES string of the molecule is CC1(C)c2ccccc2-c2ccc(-c3cccc(-c4ccc5c(c4)c4ccccc4n5-c4cccc(-c5ccccc5)c4)c3)cc21. The highest BCUT2D eigenvalue weighted by atomic mass is 15.0. The minimum absolute atomic E-state index is 0.0145. The van der Waals surface area contributed by atoms with Gasteiger partial charge in [-0.05, 0) is 98.1 Å². The van der Waals surface area contributed by atoms with E-state index < -0.39 is 0 Å². The molecule has 0 fully saturated rings. The Hall–Kier alpha value is -5.66. The van der Waals surface area contributed by atoms with Crippen molar-refractivity contribution in [2.24, 2.45) is 0 Å². The van der Waals surface area contributed by atoms with Crippen LogP contribution in [-0.2, 0) is 5.41 Å². The molecule has 0 saturated carbocycles. The second kappa shape index (κ2) is 10.2. The Balaban J connectivity index is 1.14. The van der Waals surface area contributed by atoms with Crippen LogP contribution in [0.1, 0.15) is 25.0 Å². The summed E-state index contributed by atoms with van der Waals surface area (Å²) >= 11 is 0. The van der Waals surface area contributed by atoms with E-state index in [1.807, 2.05) is 0 Å². The summed E-state index contributed by atoms with van der Waals surface area (Å²) in [5.74, 6) is 0. The summed E-state index contributed by atoms with van der Waals surface area (Å²) in [6.07, 6.45) is 0. The monoisotopic (exact) mass is 587 g/mol. The summed E-state index contributed by atoms with van der Waals surface area (Å²) in [6, 6.07) is 60.1. The summed E-state index contributed by atoms with van der Waals surface area (Å²) in [5.41, 5.74) is 16.5. The smallest absolute Gasteiger partial charge is 0.0541 e. The van der Waals surface area contributed by atoms with Crippen LogP contribution in [0.25, 0.3) is 72.0 Å². The lowest BCUT2D eigenvalue weighted by Gasteiger charge is -2.22. The highest BCUT2D eigenvalue weighted by molar-refractivity contribution is 6.10. The fourth-order valence-electron chi connectivity index (χ4n) is 7.65. The summed E-state index contributed by atoms with van der Waals surface area (Å²) in [6.45, 7) is 4.70. The van der Waals surface area contributed by atoms with Gasteiger partial charge in [-0.1, -0.05) is 135 Å². The van der Waals surface area contributed by atoms with Crippen molar-refractivity contribution in [3.05, 3.63) is 175 Å². The van der Waals surface area contributed by atoms with Gasteiger partial charge in [-0.2, -0.15) is 0 Å². The maximum atomic E-state index is 2.41. The van der Waals surface area contributed by atoms with E-state index in [9.17, 15) is 0 Å². The molecular weight excluding hydrogens is 555 g/mol. The first-order valence-corrected chi connectivity index (χ1v) is 16.1. The van der Waals surface area contributed by atoms with E-state index in [2.05, 4.69) is 182 Å². The molecule has 46 heavy (non-hydrogen) atoms. The zero-order valence-electron chi connectivity index (χ0n) is 26.0. The predicted molar refractivity (Wildman–Crippen MR) is 195 cm³/mol. The molecule has 1 heteroatoms. The van der Waals surface area contributed by atoms with Gasteiger partial charge in [-0.25, -0.2) is 0 Å². The molecule has 9 rings (SSSR count). The van der Waals surface area contributed by atoms with Crippen LogP contribution in [0.2, 0.25) is 0 Å². The first-order valence-electron chi connectivity index (χ1n) is 16.1. The number of aromatic nitrogens is 1. The molecule has 7 aromatic carbocycles. The molecule has 1 aromatic heterocycles. The molecule has 0 saturated heterocycles. The van der Waals surface area contributed by atoms with E-state index >= 15 is 0 Å². The summed E-state index contributed by atoms with van der Waals surface area (Å²) < 4.78 is 2.40. The van der Waals surface area contributed by atoms with E-state index in [0.29, 0.717) is 0 Å². The van der Waals surface area contributed by atoms with Gasteiger partial charge in [0, 0.05) is 21.9 Å². The number of nitrogens with zero attached hydrogens (tertiary/aromatic N) is 1. The van der Waals surface area contributed by atoms with E-state index in [4.69, 9.17) is 0 Å². The van der Waals surface area contributed by atoms with Gasteiger partial charge in [0.05, 0.1) is 11.0 Å². The fourth-order valence-corrected chi connectivity index (χ4v) is 7.65. The molecule has 0 aliphatic heterocycles. The fraction of sp³-hybridized carbons (Fsp3) is 0.0667. The molecule has 0 atom stereocenters. The Kier molecular flexibility index (Phi) is 5.92. The Morgan fingerprint density at radius 1 is 0.370 bits per heavy atom. The first-order chi connectivity index (χ1) is 22.6. The maximum Gasteiger partial charge on any atom is 0.0541 e. The zero-order chi connectivity index (χ0) is 30.8. The highest BCUT2D eigenvalue weighted by Crippen LogP contribution is 2.49. The van der Waals surface area contributed by atoms with Gasteiger partial charge in [0.1, 0.15) is 0 Å². The van der Waals surface area contributed by atoms with Crippen LogP contribution in [0, 0.1) is 0 Å². The van der Waals surface area contributed by atoms with E-state index in [1.165, 1.54) is 83.1 Å².